The molecule has 0 saturated carbocycles. The van der Waals surface area contributed by atoms with Crippen LogP contribution in [-0.2, 0) is 0 Å². The van der Waals surface area contributed by atoms with Crippen LogP contribution in [0.1, 0.15) is 25.0 Å². The number of aromatic amines is 2. The van der Waals surface area contributed by atoms with Gasteiger partial charge in [0.1, 0.15) is 11.1 Å². The third-order valence-corrected chi connectivity index (χ3v) is 4.53. The molecule has 154 valence electrons. The molecule has 0 aliphatic heterocycles. The van der Waals surface area contributed by atoms with Gasteiger partial charge in [-0.05, 0) is 50.3 Å². The van der Waals surface area contributed by atoms with E-state index in [0.29, 0.717) is 11.1 Å². The second-order valence-electron chi connectivity index (χ2n) is 6.39. The molecule has 0 spiro atoms. The summed E-state index contributed by atoms with van der Waals surface area (Å²) in [5.41, 5.74) is 2.42. The summed E-state index contributed by atoms with van der Waals surface area (Å²) in [7, 11) is 0. The number of hydrogen-bond acceptors (Lipinski definition) is 6. The lowest BCUT2D eigenvalue weighted by Gasteiger charge is -2.20. The van der Waals surface area contributed by atoms with Crippen molar-refractivity contribution in [3.05, 3.63) is 84.5 Å². The second-order valence-corrected chi connectivity index (χ2v) is 6.39. The van der Waals surface area contributed by atoms with Crippen molar-refractivity contribution in [2.45, 2.75) is 13.8 Å². The van der Waals surface area contributed by atoms with Crippen LogP contribution >= 0.6 is 0 Å². The van der Waals surface area contributed by atoms with Crippen LogP contribution in [0, 0.1) is 0 Å². The molecule has 0 fully saturated rings. The summed E-state index contributed by atoms with van der Waals surface area (Å²) < 4.78 is 5.45. The van der Waals surface area contributed by atoms with E-state index in [-0.39, 0.29) is 5.56 Å². The van der Waals surface area contributed by atoms with E-state index in [1.165, 1.54) is 12.2 Å². The minimum atomic E-state index is -0.800. The van der Waals surface area contributed by atoms with Gasteiger partial charge in [-0.3, -0.25) is 14.8 Å². The number of anilines is 1. The van der Waals surface area contributed by atoms with Gasteiger partial charge in [0.15, 0.2) is 0 Å². The van der Waals surface area contributed by atoms with Gasteiger partial charge in [0.05, 0.1) is 5.56 Å². The van der Waals surface area contributed by atoms with Gasteiger partial charge in [0.2, 0.25) is 5.88 Å². The Hall–Kier alpha value is -4.03. The number of H-pyrrole nitrogens is 2. The number of fused-ring (bicyclic) bond motifs is 1. The van der Waals surface area contributed by atoms with Crippen LogP contribution in [0.15, 0.2) is 60.9 Å². The van der Waals surface area contributed by atoms with E-state index in [4.69, 9.17) is 4.42 Å². The molecule has 30 heavy (non-hydrogen) atoms. The Bertz CT molecular complexity index is 1330. The van der Waals surface area contributed by atoms with Gasteiger partial charge in [0.25, 0.3) is 5.56 Å². The first-order valence-electron chi connectivity index (χ1n) is 9.40. The summed E-state index contributed by atoms with van der Waals surface area (Å²) in [6.07, 6.45) is 5.78. The summed E-state index contributed by atoms with van der Waals surface area (Å²) in [6, 6.07) is 7.48. The number of nitrogens with one attached hydrogen (secondary N) is 2. The van der Waals surface area contributed by atoms with Gasteiger partial charge in [0, 0.05) is 30.2 Å². The highest BCUT2D eigenvalue weighted by Gasteiger charge is 2.07. The summed E-state index contributed by atoms with van der Waals surface area (Å²) in [6.45, 7) is 5.84. The van der Waals surface area contributed by atoms with Crippen molar-refractivity contribution in [2.24, 2.45) is 0 Å². The van der Waals surface area contributed by atoms with E-state index >= 15 is 0 Å². The molecular formula is C22H21N3O5. The molecule has 3 N–H and O–H groups in total. The van der Waals surface area contributed by atoms with E-state index in [1.807, 2.05) is 23.2 Å². The van der Waals surface area contributed by atoms with Crippen LogP contribution < -0.4 is 21.8 Å². The number of aromatic nitrogens is 2. The van der Waals surface area contributed by atoms with Crippen molar-refractivity contribution in [3.8, 4) is 5.88 Å². The number of benzene rings is 1. The first kappa shape index (κ1) is 20.7. The van der Waals surface area contributed by atoms with E-state index in [1.54, 1.807) is 18.2 Å². The number of hydrogen-bond donors (Lipinski definition) is 3. The zero-order chi connectivity index (χ0) is 21.7. The van der Waals surface area contributed by atoms with Crippen LogP contribution in [-0.4, -0.2) is 28.2 Å². The monoisotopic (exact) mass is 407 g/mol. The van der Waals surface area contributed by atoms with Crippen molar-refractivity contribution in [1.82, 2.24) is 9.97 Å². The Balaban J connectivity index is 1.86. The van der Waals surface area contributed by atoms with E-state index in [2.05, 4.69) is 29.5 Å². The number of allylic oxidation sites excluding steroid dienone is 2. The van der Waals surface area contributed by atoms with Gasteiger partial charge >= 0.3 is 11.3 Å². The predicted molar refractivity (Wildman–Crippen MR) is 117 cm³/mol. The van der Waals surface area contributed by atoms with Crippen LogP contribution in [0.5, 0.6) is 5.88 Å². The molecule has 2 heterocycles. The first-order chi connectivity index (χ1) is 14.4. The van der Waals surface area contributed by atoms with Gasteiger partial charge < -0.3 is 14.4 Å². The molecule has 0 amide bonds. The summed E-state index contributed by atoms with van der Waals surface area (Å²) in [5, 5.41) is 10.4. The van der Waals surface area contributed by atoms with Crippen LogP contribution in [0.2, 0.25) is 0 Å². The fraction of sp³-hybridized carbons (Fsp3) is 0.182. The minimum absolute atomic E-state index is 0.131. The van der Waals surface area contributed by atoms with Crippen LogP contribution in [0.4, 0.5) is 5.69 Å². The molecule has 0 atom stereocenters. The fourth-order valence-corrected chi connectivity index (χ4v) is 2.97. The first-order valence-corrected chi connectivity index (χ1v) is 9.40. The highest BCUT2D eigenvalue weighted by Crippen LogP contribution is 2.22. The van der Waals surface area contributed by atoms with Crippen molar-refractivity contribution in [1.29, 1.82) is 0 Å². The highest BCUT2D eigenvalue weighted by molar-refractivity contribution is 5.82. The number of nitrogens with zero attached hydrogens (tertiary/aromatic N) is 1. The number of rotatable bonds is 6. The highest BCUT2D eigenvalue weighted by atomic mass is 16.4. The van der Waals surface area contributed by atoms with Gasteiger partial charge in [-0.25, -0.2) is 9.59 Å². The third-order valence-electron chi connectivity index (χ3n) is 4.53. The lowest BCUT2D eigenvalue weighted by atomic mass is 10.1. The molecule has 0 radical (unpaired) electrons. The SMILES string of the molecule is CCN(CC)c1ccc2cc(C=CC=C=Cc3c(O)[nH]c(=O)[nH]c3=O)c(=O)oc2c1. The Morgan fingerprint density at radius 3 is 2.60 bits per heavy atom. The van der Waals surface area contributed by atoms with Gasteiger partial charge in [-0.1, -0.05) is 6.08 Å². The molecule has 0 aliphatic carbocycles. The summed E-state index contributed by atoms with van der Waals surface area (Å²) in [4.78, 5) is 41.2. The Kier molecular flexibility index (Phi) is 6.20. The lowest BCUT2D eigenvalue weighted by molar-refractivity contribution is 0.447. The average Bonchev–Trinajstić information content (AvgIpc) is 2.70. The molecule has 0 saturated heterocycles. The molecule has 0 unspecified atom stereocenters. The van der Waals surface area contributed by atoms with Crippen molar-refractivity contribution >= 4 is 28.8 Å². The maximum atomic E-state index is 12.3. The molecule has 8 heteroatoms. The smallest absolute Gasteiger partial charge is 0.343 e. The third kappa shape index (κ3) is 4.51. The van der Waals surface area contributed by atoms with E-state index in [9.17, 15) is 19.5 Å². The quantitative estimate of drug-likeness (QED) is 0.328. The second kappa shape index (κ2) is 8.98. The Labute approximate surface area is 171 Å². The van der Waals surface area contributed by atoms with Crippen molar-refractivity contribution in [2.75, 3.05) is 18.0 Å². The predicted octanol–water partition coefficient (Wildman–Crippen LogP) is 2.60. The topological polar surface area (TPSA) is 119 Å². The standard InChI is InChI=1S/C22H21N3O5/c1-3-25(4-2)16-11-10-14-12-15(21(28)30-18(14)13-16)8-6-5-7-9-17-19(26)23-22(29)24-20(17)27/h5-6,8-13H,3-4H2,1-2H3,(H3,23,24,26,27,29). The lowest BCUT2D eigenvalue weighted by Crippen LogP contribution is -2.23. The molecule has 2 aromatic heterocycles. The van der Waals surface area contributed by atoms with Crippen molar-refractivity contribution < 1.29 is 9.52 Å². The molecule has 3 rings (SSSR count). The summed E-state index contributed by atoms with van der Waals surface area (Å²) >= 11 is 0. The number of aromatic hydroxyl groups is 1. The minimum Gasteiger partial charge on any atom is -0.494 e. The zero-order valence-corrected chi connectivity index (χ0v) is 16.6. The van der Waals surface area contributed by atoms with Crippen LogP contribution in [0.25, 0.3) is 23.1 Å². The fourth-order valence-electron chi connectivity index (χ4n) is 2.97. The van der Waals surface area contributed by atoms with E-state index in [0.717, 1.165) is 24.2 Å². The van der Waals surface area contributed by atoms with Crippen molar-refractivity contribution in [3.63, 3.8) is 0 Å². The molecule has 3 aromatic rings. The molecular weight excluding hydrogens is 386 g/mol. The maximum absolute atomic E-state index is 12.3. The molecule has 0 bridgehead atoms. The van der Waals surface area contributed by atoms with Gasteiger partial charge in [-0.2, -0.15) is 0 Å². The zero-order valence-electron chi connectivity index (χ0n) is 16.6. The maximum Gasteiger partial charge on any atom is 0.343 e. The normalized spacial score (nSPS) is 10.9. The molecule has 0 aliphatic rings. The summed E-state index contributed by atoms with van der Waals surface area (Å²) in [5.74, 6) is -0.548. The van der Waals surface area contributed by atoms with Crippen LogP contribution in [0.3, 0.4) is 0 Å². The average molecular weight is 407 g/mol. The Morgan fingerprint density at radius 1 is 1.13 bits per heavy atom. The largest absolute Gasteiger partial charge is 0.494 e. The molecule has 1 aromatic carbocycles. The molecule has 8 nitrogen and oxygen atoms in total. The van der Waals surface area contributed by atoms with E-state index < -0.39 is 22.8 Å². The van der Waals surface area contributed by atoms with Gasteiger partial charge in [-0.15, -0.1) is 5.73 Å². The Morgan fingerprint density at radius 2 is 1.90 bits per heavy atom.